The van der Waals surface area contributed by atoms with Gasteiger partial charge in [-0.05, 0) is 18.2 Å². The highest BCUT2D eigenvalue weighted by Gasteiger charge is 2.16. The van der Waals surface area contributed by atoms with Gasteiger partial charge in [-0.25, -0.2) is 9.78 Å². The summed E-state index contributed by atoms with van der Waals surface area (Å²) in [5, 5.41) is 4.64. The highest BCUT2D eigenvalue weighted by molar-refractivity contribution is 6.36. The number of para-hydroxylation sites is 1. The number of aromatic nitrogens is 4. The Bertz CT molecular complexity index is 1190. The van der Waals surface area contributed by atoms with Crippen LogP contribution in [0.5, 0.6) is 5.75 Å². The second-order valence-electron chi connectivity index (χ2n) is 6.06. The second-order valence-corrected chi connectivity index (χ2v) is 6.90. The van der Waals surface area contributed by atoms with E-state index in [0.29, 0.717) is 38.9 Å². The number of carbonyl (C=O) groups is 1. The number of benzene rings is 1. The zero-order valence-electron chi connectivity index (χ0n) is 15.1. The lowest BCUT2D eigenvalue weighted by Gasteiger charge is -2.09. The molecule has 0 atom stereocenters. The Kier molecular flexibility index (Phi) is 5.37. The van der Waals surface area contributed by atoms with E-state index in [4.69, 9.17) is 37.2 Å². The van der Waals surface area contributed by atoms with E-state index < -0.39 is 5.97 Å². The number of esters is 1. The average Bonchev–Trinajstić information content (AvgIpc) is 3.30. The number of pyridine rings is 1. The SMILES string of the molecule is Cc1nc(COc2ccccc2C(=O)OCc2cn3cc(Cl)cc(Cl)c3n2)no1. The number of rotatable bonds is 6. The van der Waals surface area contributed by atoms with E-state index in [1.54, 1.807) is 54.0 Å². The predicted molar refractivity (Wildman–Crippen MR) is 104 cm³/mol. The fourth-order valence-corrected chi connectivity index (χ4v) is 3.19. The molecule has 0 saturated heterocycles. The number of ether oxygens (including phenoxy) is 2. The average molecular weight is 433 g/mol. The number of hydrogen-bond acceptors (Lipinski definition) is 7. The number of fused-ring (bicyclic) bond motifs is 1. The van der Waals surface area contributed by atoms with E-state index in [9.17, 15) is 4.79 Å². The van der Waals surface area contributed by atoms with Crippen LogP contribution in [0, 0.1) is 6.92 Å². The summed E-state index contributed by atoms with van der Waals surface area (Å²) >= 11 is 12.1. The highest BCUT2D eigenvalue weighted by atomic mass is 35.5. The number of nitrogens with zero attached hydrogens (tertiary/aromatic N) is 4. The van der Waals surface area contributed by atoms with Crippen LogP contribution in [-0.4, -0.2) is 25.5 Å². The smallest absolute Gasteiger partial charge is 0.342 e. The standard InChI is InChI=1S/C19H14Cl2N4O4/c1-11-22-17(24-29-11)10-27-16-5-3-2-4-14(16)19(26)28-9-13-8-25-7-12(20)6-15(21)18(25)23-13/h2-8H,9-10H2,1H3. The minimum absolute atomic E-state index is 0.0349. The van der Waals surface area contributed by atoms with E-state index >= 15 is 0 Å². The maximum Gasteiger partial charge on any atom is 0.342 e. The van der Waals surface area contributed by atoms with Crippen LogP contribution >= 0.6 is 23.2 Å². The largest absolute Gasteiger partial charge is 0.485 e. The van der Waals surface area contributed by atoms with Crippen LogP contribution in [0.4, 0.5) is 0 Å². The first-order valence-corrected chi connectivity index (χ1v) is 9.26. The van der Waals surface area contributed by atoms with Gasteiger partial charge in [-0.15, -0.1) is 0 Å². The molecule has 3 heterocycles. The van der Waals surface area contributed by atoms with E-state index in [-0.39, 0.29) is 18.8 Å². The van der Waals surface area contributed by atoms with Gasteiger partial charge in [0.2, 0.25) is 11.7 Å². The molecule has 4 rings (SSSR count). The van der Waals surface area contributed by atoms with Crippen molar-refractivity contribution >= 4 is 34.8 Å². The number of carbonyl (C=O) groups excluding carboxylic acids is 1. The van der Waals surface area contributed by atoms with E-state index in [2.05, 4.69) is 15.1 Å². The van der Waals surface area contributed by atoms with Gasteiger partial charge >= 0.3 is 5.97 Å². The Labute approximate surface area is 175 Å². The molecule has 3 aromatic heterocycles. The molecule has 29 heavy (non-hydrogen) atoms. The van der Waals surface area contributed by atoms with Crippen LogP contribution in [0.15, 0.2) is 47.2 Å². The summed E-state index contributed by atoms with van der Waals surface area (Å²) in [6, 6.07) is 8.34. The van der Waals surface area contributed by atoms with Crippen molar-refractivity contribution in [3.8, 4) is 5.75 Å². The maximum absolute atomic E-state index is 12.6. The molecule has 0 unspecified atom stereocenters. The van der Waals surface area contributed by atoms with Gasteiger partial charge in [-0.2, -0.15) is 4.98 Å². The second kappa shape index (κ2) is 8.10. The summed E-state index contributed by atoms with van der Waals surface area (Å²) in [5.41, 5.74) is 1.34. The lowest BCUT2D eigenvalue weighted by molar-refractivity contribution is 0.0463. The molecule has 8 nitrogen and oxygen atoms in total. The van der Waals surface area contributed by atoms with E-state index in [1.165, 1.54) is 0 Å². The molecule has 0 amide bonds. The van der Waals surface area contributed by atoms with Crippen molar-refractivity contribution in [1.82, 2.24) is 19.5 Å². The Morgan fingerprint density at radius 3 is 2.79 bits per heavy atom. The third-order valence-corrected chi connectivity index (χ3v) is 4.39. The molecule has 0 aliphatic carbocycles. The minimum atomic E-state index is -0.550. The van der Waals surface area contributed by atoms with Gasteiger partial charge in [-0.3, -0.25) is 0 Å². The van der Waals surface area contributed by atoms with Crippen LogP contribution in [0.3, 0.4) is 0 Å². The third-order valence-electron chi connectivity index (χ3n) is 3.91. The van der Waals surface area contributed by atoms with Crippen molar-refractivity contribution < 1.29 is 18.8 Å². The molecule has 0 aliphatic heterocycles. The Balaban J connectivity index is 1.45. The topological polar surface area (TPSA) is 91.8 Å². The predicted octanol–water partition coefficient (Wildman–Crippen LogP) is 4.27. The molecule has 4 aromatic rings. The zero-order chi connectivity index (χ0) is 20.4. The minimum Gasteiger partial charge on any atom is -0.485 e. The first kappa shape index (κ1) is 19.2. The summed E-state index contributed by atoms with van der Waals surface area (Å²) in [4.78, 5) is 21.0. The monoisotopic (exact) mass is 432 g/mol. The lowest BCUT2D eigenvalue weighted by atomic mass is 10.2. The number of halogens is 2. The zero-order valence-corrected chi connectivity index (χ0v) is 16.6. The fraction of sp³-hybridized carbons (Fsp3) is 0.158. The molecule has 148 valence electrons. The van der Waals surface area contributed by atoms with E-state index in [1.807, 2.05) is 0 Å². The number of aryl methyl sites for hydroxylation is 1. The van der Waals surface area contributed by atoms with Gasteiger partial charge in [0.15, 0.2) is 12.3 Å². The van der Waals surface area contributed by atoms with Crippen LogP contribution < -0.4 is 4.74 Å². The summed E-state index contributed by atoms with van der Waals surface area (Å²) in [6.07, 6.45) is 3.37. The fourth-order valence-electron chi connectivity index (χ4n) is 2.67. The molecular weight excluding hydrogens is 419 g/mol. The molecular formula is C19H14Cl2N4O4. The molecule has 0 spiro atoms. The van der Waals surface area contributed by atoms with Crippen LogP contribution in [0.25, 0.3) is 5.65 Å². The summed E-state index contributed by atoms with van der Waals surface area (Å²) in [7, 11) is 0. The molecule has 10 heteroatoms. The van der Waals surface area contributed by atoms with Crippen LogP contribution in [0.1, 0.15) is 27.8 Å². The van der Waals surface area contributed by atoms with Gasteiger partial charge in [-0.1, -0.05) is 40.5 Å². The quantitative estimate of drug-likeness (QED) is 0.420. The van der Waals surface area contributed by atoms with Gasteiger partial charge in [0.05, 0.1) is 15.7 Å². The van der Waals surface area contributed by atoms with Crippen molar-refractivity contribution in [3.05, 3.63) is 75.7 Å². The first-order valence-electron chi connectivity index (χ1n) is 8.50. The van der Waals surface area contributed by atoms with Gasteiger partial charge < -0.3 is 18.4 Å². The number of imidazole rings is 1. The summed E-state index contributed by atoms with van der Waals surface area (Å²) < 4.78 is 17.6. The van der Waals surface area contributed by atoms with Gasteiger partial charge in [0.25, 0.3) is 0 Å². The normalized spacial score (nSPS) is 11.0. The molecule has 0 fully saturated rings. The van der Waals surface area contributed by atoms with Crippen LogP contribution in [0.2, 0.25) is 10.0 Å². The van der Waals surface area contributed by atoms with Crippen molar-refractivity contribution in [2.45, 2.75) is 20.1 Å². The molecule has 0 aliphatic rings. The van der Waals surface area contributed by atoms with Crippen molar-refractivity contribution in [2.75, 3.05) is 0 Å². The Morgan fingerprint density at radius 2 is 2.00 bits per heavy atom. The summed E-state index contributed by atoms with van der Waals surface area (Å²) in [6.45, 7) is 1.71. The van der Waals surface area contributed by atoms with Crippen molar-refractivity contribution in [3.63, 3.8) is 0 Å². The first-order chi connectivity index (χ1) is 14.0. The number of hydrogen-bond donors (Lipinski definition) is 0. The molecule has 0 radical (unpaired) electrons. The van der Waals surface area contributed by atoms with Gasteiger partial charge in [0, 0.05) is 19.3 Å². The van der Waals surface area contributed by atoms with E-state index in [0.717, 1.165) is 0 Å². The maximum atomic E-state index is 12.6. The molecule has 1 aromatic carbocycles. The molecule has 0 N–H and O–H groups in total. The Morgan fingerprint density at radius 1 is 1.17 bits per heavy atom. The van der Waals surface area contributed by atoms with Gasteiger partial charge in [0.1, 0.15) is 17.9 Å². The molecule has 0 bridgehead atoms. The van der Waals surface area contributed by atoms with Crippen molar-refractivity contribution in [2.24, 2.45) is 0 Å². The lowest BCUT2D eigenvalue weighted by Crippen LogP contribution is -2.08. The molecule has 0 saturated carbocycles. The Hall–Kier alpha value is -3.10. The highest BCUT2D eigenvalue weighted by Crippen LogP contribution is 2.23. The van der Waals surface area contributed by atoms with Crippen LogP contribution in [-0.2, 0) is 18.0 Å². The van der Waals surface area contributed by atoms with Crippen molar-refractivity contribution in [1.29, 1.82) is 0 Å². The third kappa shape index (κ3) is 4.33. The summed E-state index contributed by atoms with van der Waals surface area (Å²) in [5.74, 6) is 0.618.